The van der Waals surface area contributed by atoms with Gasteiger partial charge in [0.1, 0.15) is 10.7 Å². The quantitative estimate of drug-likeness (QED) is 0.797. The number of hydrogen-bond acceptors (Lipinski definition) is 2. The van der Waals surface area contributed by atoms with E-state index >= 15 is 0 Å². The number of benzene rings is 1. The Bertz CT molecular complexity index is 363. The van der Waals surface area contributed by atoms with E-state index in [2.05, 4.69) is 6.92 Å². The van der Waals surface area contributed by atoms with Crippen molar-refractivity contribution in [1.29, 1.82) is 0 Å². The highest BCUT2D eigenvalue weighted by molar-refractivity contribution is 7.80. The third-order valence-corrected chi connectivity index (χ3v) is 2.53. The van der Waals surface area contributed by atoms with E-state index in [4.69, 9.17) is 22.7 Å². The lowest BCUT2D eigenvalue weighted by atomic mass is 10.1. The molecular weight excluding hydrogens is 206 g/mol. The van der Waals surface area contributed by atoms with E-state index in [0.717, 1.165) is 23.3 Å². The van der Waals surface area contributed by atoms with Crippen molar-refractivity contribution in [3.8, 4) is 5.75 Å². The van der Waals surface area contributed by atoms with E-state index in [0.29, 0.717) is 4.99 Å². The zero-order valence-electron chi connectivity index (χ0n) is 9.41. The molecular formula is C12H17NOS. The molecule has 2 nitrogen and oxygen atoms in total. The van der Waals surface area contributed by atoms with Crippen LogP contribution in [-0.4, -0.2) is 11.1 Å². The van der Waals surface area contributed by atoms with Crippen LogP contribution in [0.3, 0.4) is 0 Å². The number of thiocarbonyl (C=S) groups is 1. The fraction of sp³-hybridized carbons (Fsp3) is 0.417. The van der Waals surface area contributed by atoms with E-state index < -0.39 is 0 Å². The summed E-state index contributed by atoms with van der Waals surface area (Å²) in [5.41, 5.74) is 7.60. The van der Waals surface area contributed by atoms with Gasteiger partial charge in [0.15, 0.2) is 0 Å². The smallest absolute Gasteiger partial charge is 0.130 e. The van der Waals surface area contributed by atoms with Gasteiger partial charge in [-0.3, -0.25) is 0 Å². The van der Waals surface area contributed by atoms with Crippen molar-refractivity contribution in [3.05, 3.63) is 29.3 Å². The summed E-state index contributed by atoms with van der Waals surface area (Å²) < 4.78 is 5.77. The lowest BCUT2D eigenvalue weighted by Crippen LogP contribution is -2.16. The Morgan fingerprint density at radius 3 is 2.73 bits per heavy atom. The molecule has 0 amide bonds. The molecule has 0 saturated carbocycles. The molecule has 2 N–H and O–H groups in total. The first-order chi connectivity index (χ1) is 7.04. The van der Waals surface area contributed by atoms with Gasteiger partial charge in [-0.25, -0.2) is 0 Å². The SMILES string of the molecule is CCC(C)Oc1cc(C)ccc1C(N)=S. The van der Waals surface area contributed by atoms with Crippen molar-refractivity contribution in [1.82, 2.24) is 0 Å². The molecule has 15 heavy (non-hydrogen) atoms. The van der Waals surface area contributed by atoms with Crippen molar-refractivity contribution in [2.75, 3.05) is 0 Å². The number of ether oxygens (including phenoxy) is 1. The molecule has 0 aliphatic heterocycles. The molecule has 1 aromatic rings. The van der Waals surface area contributed by atoms with Crippen LogP contribution in [-0.2, 0) is 0 Å². The van der Waals surface area contributed by atoms with E-state index in [9.17, 15) is 0 Å². The summed E-state index contributed by atoms with van der Waals surface area (Å²) >= 11 is 4.98. The van der Waals surface area contributed by atoms with Crippen LogP contribution in [0.2, 0.25) is 0 Å². The Kier molecular flexibility index (Phi) is 4.09. The second kappa shape index (κ2) is 5.12. The van der Waals surface area contributed by atoms with Gasteiger partial charge in [-0.05, 0) is 38.0 Å². The first-order valence-corrected chi connectivity index (χ1v) is 5.52. The molecule has 1 atom stereocenters. The Labute approximate surface area is 96.4 Å². The number of aryl methyl sites for hydroxylation is 1. The maximum atomic E-state index is 5.77. The average molecular weight is 223 g/mol. The summed E-state index contributed by atoms with van der Waals surface area (Å²) in [7, 11) is 0. The number of hydrogen-bond donors (Lipinski definition) is 1. The van der Waals surface area contributed by atoms with Gasteiger partial charge in [0.25, 0.3) is 0 Å². The van der Waals surface area contributed by atoms with Crippen molar-refractivity contribution in [2.24, 2.45) is 5.73 Å². The molecule has 82 valence electrons. The second-order valence-electron chi connectivity index (χ2n) is 3.70. The van der Waals surface area contributed by atoms with Crippen molar-refractivity contribution < 1.29 is 4.74 Å². The highest BCUT2D eigenvalue weighted by Crippen LogP contribution is 2.22. The average Bonchev–Trinajstić information content (AvgIpc) is 2.17. The molecule has 0 saturated heterocycles. The second-order valence-corrected chi connectivity index (χ2v) is 4.14. The van der Waals surface area contributed by atoms with Crippen LogP contribution >= 0.6 is 12.2 Å². The van der Waals surface area contributed by atoms with Crippen LogP contribution in [0.5, 0.6) is 5.75 Å². The molecule has 1 unspecified atom stereocenters. The molecule has 0 heterocycles. The highest BCUT2D eigenvalue weighted by Gasteiger charge is 2.09. The van der Waals surface area contributed by atoms with Crippen molar-refractivity contribution in [3.63, 3.8) is 0 Å². The summed E-state index contributed by atoms with van der Waals surface area (Å²) in [5.74, 6) is 0.789. The summed E-state index contributed by atoms with van der Waals surface area (Å²) in [6.45, 7) is 6.14. The summed E-state index contributed by atoms with van der Waals surface area (Å²) in [5, 5.41) is 0. The van der Waals surface area contributed by atoms with E-state index in [-0.39, 0.29) is 6.10 Å². The van der Waals surface area contributed by atoms with Gasteiger partial charge >= 0.3 is 0 Å². The van der Waals surface area contributed by atoms with Crippen LogP contribution < -0.4 is 10.5 Å². The molecule has 1 aromatic carbocycles. The Hall–Kier alpha value is -1.09. The van der Waals surface area contributed by atoms with Crippen molar-refractivity contribution in [2.45, 2.75) is 33.3 Å². The summed E-state index contributed by atoms with van der Waals surface area (Å²) in [6.07, 6.45) is 1.14. The van der Waals surface area contributed by atoms with Gasteiger partial charge in [0, 0.05) is 0 Å². The van der Waals surface area contributed by atoms with Gasteiger partial charge in [0.05, 0.1) is 11.7 Å². The maximum absolute atomic E-state index is 5.77. The third-order valence-electron chi connectivity index (χ3n) is 2.31. The predicted octanol–water partition coefficient (Wildman–Crippen LogP) is 2.81. The molecule has 0 aliphatic rings. The first-order valence-electron chi connectivity index (χ1n) is 5.11. The molecule has 0 aliphatic carbocycles. The molecule has 0 aromatic heterocycles. The van der Waals surface area contributed by atoms with Gasteiger partial charge < -0.3 is 10.5 Å². The summed E-state index contributed by atoms with van der Waals surface area (Å²) in [4.78, 5) is 0.383. The predicted molar refractivity (Wildman–Crippen MR) is 67.4 cm³/mol. The lowest BCUT2D eigenvalue weighted by molar-refractivity contribution is 0.217. The molecule has 0 radical (unpaired) electrons. The zero-order chi connectivity index (χ0) is 11.4. The van der Waals surface area contributed by atoms with Crippen LogP contribution in [0, 0.1) is 6.92 Å². The standard InChI is InChI=1S/C12H17NOS/c1-4-9(3)14-11-7-8(2)5-6-10(11)12(13)15/h5-7,9H,4H2,1-3H3,(H2,13,15). The minimum Gasteiger partial charge on any atom is -0.490 e. The van der Waals surface area contributed by atoms with Gasteiger partial charge in [-0.15, -0.1) is 0 Å². The highest BCUT2D eigenvalue weighted by atomic mass is 32.1. The normalized spacial score (nSPS) is 12.2. The minimum atomic E-state index is 0.180. The Morgan fingerprint density at radius 2 is 2.20 bits per heavy atom. The summed E-state index contributed by atoms with van der Waals surface area (Å²) in [6, 6.07) is 5.87. The Balaban J connectivity index is 3.02. The van der Waals surface area contributed by atoms with Crippen molar-refractivity contribution >= 4 is 17.2 Å². The lowest BCUT2D eigenvalue weighted by Gasteiger charge is -2.16. The third kappa shape index (κ3) is 3.20. The maximum Gasteiger partial charge on any atom is 0.130 e. The largest absolute Gasteiger partial charge is 0.490 e. The zero-order valence-corrected chi connectivity index (χ0v) is 10.2. The van der Waals surface area contributed by atoms with E-state index in [1.54, 1.807) is 0 Å². The van der Waals surface area contributed by atoms with Gasteiger partial charge in [-0.2, -0.15) is 0 Å². The minimum absolute atomic E-state index is 0.180. The van der Waals surface area contributed by atoms with Crippen LogP contribution in [0.15, 0.2) is 18.2 Å². The molecule has 0 bridgehead atoms. The van der Waals surface area contributed by atoms with Crippen LogP contribution in [0.25, 0.3) is 0 Å². The fourth-order valence-electron chi connectivity index (χ4n) is 1.23. The topological polar surface area (TPSA) is 35.2 Å². The molecule has 3 heteroatoms. The number of rotatable bonds is 4. The Morgan fingerprint density at radius 1 is 1.53 bits per heavy atom. The number of nitrogens with two attached hydrogens (primary N) is 1. The monoisotopic (exact) mass is 223 g/mol. The molecule has 0 spiro atoms. The fourth-order valence-corrected chi connectivity index (χ4v) is 1.40. The molecule has 0 fully saturated rings. The van der Waals surface area contributed by atoms with Crippen LogP contribution in [0.1, 0.15) is 31.4 Å². The molecule has 1 rings (SSSR count). The first kappa shape index (κ1) is 12.0. The van der Waals surface area contributed by atoms with E-state index in [1.165, 1.54) is 0 Å². The van der Waals surface area contributed by atoms with Gasteiger partial charge in [-0.1, -0.05) is 25.2 Å². The van der Waals surface area contributed by atoms with E-state index in [1.807, 2.05) is 32.0 Å². The van der Waals surface area contributed by atoms with Crippen LogP contribution in [0.4, 0.5) is 0 Å². The van der Waals surface area contributed by atoms with Gasteiger partial charge in [0.2, 0.25) is 0 Å².